The average Bonchev–Trinajstić information content (AvgIpc) is 3.48. The largest absolute Gasteiger partial charge is 0.488 e. The molecule has 1 unspecified atom stereocenters. The maximum atomic E-state index is 11.6. The fraction of sp³-hybridized carbons (Fsp3) is 0.333. The number of carbonyl (C=O) groups is 1. The number of halogens is 1. The van der Waals surface area contributed by atoms with E-state index in [1.807, 2.05) is 36.0 Å². The van der Waals surface area contributed by atoms with E-state index < -0.39 is 5.60 Å². The quantitative estimate of drug-likeness (QED) is 0.417. The Morgan fingerprint density at radius 2 is 2.19 bits per heavy atom. The van der Waals surface area contributed by atoms with Crippen molar-refractivity contribution in [3.8, 4) is 17.0 Å². The van der Waals surface area contributed by atoms with E-state index in [4.69, 9.17) is 30.8 Å². The molecule has 4 aromatic rings. The number of rotatable bonds is 5. The monoisotopic (exact) mass is 519 g/mol. The molecule has 10 heteroatoms. The number of nitrogens with zero attached hydrogens (tertiary/aromatic N) is 4. The van der Waals surface area contributed by atoms with Gasteiger partial charge in [-0.25, -0.2) is 9.97 Å². The first kappa shape index (κ1) is 23.8. The molecular weight excluding hydrogens is 494 g/mol. The number of aryl methyl sites for hydroxylation is 1. The van der Waals surface area contributed by atoms with Gasteiger partial charge in [-0.05, 0) is 12.1 Å². The van der Waals surface area contributed by atoms with Crippen molar-refractivity contribution in [3.05, 3.63) is 64.8 Å². The molecule has 6 rings (SSSR count). The van der Waals surface area contributed by atoms with Gasteiger partial charge in [-0.1, -0.05) is 11.6 Å². The number of carbonyl (C=O) groups excluding carboxylic acids is 1. The summed E-state index contributed by atoms with van der Waals surface area (Å²) in [4.78, 5) is 25.3. The van der Waals surface area contributed by atoms with Crippen molar-refractivity contribution < 1.29 is 19.0 Å². The molecule has 6 heterocycles. The number of hydrogen-bond acceptors (Lipinski definition) is 7. The number of hydrogen-bond donors (Lipinski definition) is 1. The molecule has 1 atom stereocenters. The van der Waals surface area contributed by atoms with Crippen LogP contribution in [0.15, 0.2) is 43.0 Å². The highest BCUT2D eigenvalue weighted by molar-refractivity contribution is 6.31. The van der Waals surface area contributed by atoms with Crippen LogP contribution in [0, 0.1) is 0 Å². The number of amides is 1. The molecule has 0 saturated carbocycles. The molecule has 0 radical (unpaired) electrons. The van der Waals surface area contributed by atoms with Crippen molar-refractivity contribution >= 4 is 34.2 Å². The van der Waals surface area contributed by atoms with Gasteiger partial charge in [0.15, 0.2) is 0 Å². The second-order valence-corrected chi connectivity index (χ2v) is 9.81. The van der Waals surface area contributed by atoms with Gasteiger partial charge >= 0.3 is 0 Å². The first-order valence-electron chi connectivity index (χ1n) is 12.1. The lowest BCUT2D eigenvalue weighted by atomic mass is 9.89. The van der Waals surface area contributed by atoms with E-state index in [0.717, 1.165) is 51.2 Å². The van der Waals surface area contributed by atoms with Gasteiger partial charge in [0.2, 0.25) is 5.91 Å². The van der Waals surface area contributed by atoms with Crippen LogP contribution in [0.4, 0.5) is 5.82 Å². The molecule has 1 saturated heterocycles. The summed E-state index contributed by atoms with van der Waals surface area (Å²) in [5.41, 5.74) is 4.72. The van der Waals surface area contributed by atoms with Crippen LogP contribution >= 0.6 is 11.6 Å². The van der Waals surface area contributed by atoms with Crippen LogP contribution in [0.3, 0.4) is 0 Å². The topological polar surface area (TPSA) is 100 Å². The first-order chi connectivity index (χ1) is 17.9. The van der Waals surface area contributed by atoms with E-state index in [-0.39, 0.29) is 5.91 Å². The Balaban J connectivity index is 1.50. The zero-order valence-electron chi connectivity index (χ0n) is 20.6. The van der Waals surface area contributed by atoms with Gasteiger partial charge in [0.1, 0.15) is 23.8 Å². The normalized spacial score (nSPS) is 18.8. The lowest BCUT2D eigenvalue weighted by Crippen LogP contribution is -2.37. The Labute approximate surface area is 218 Å². The highest BCUT2D eigenvalue weighted by atomic mass is 35.5. The molecule has 190 valence electrons. The van der Waals surface area contributed by atoms with Crippen molar-refractivity contribution in [1.29, 1.82) is 0 Å². The second-order valence-electron chi connectivity index (χ2n) is 9.41. The maximum Gasteiger partial charge on any atom is 0.222 e. The Morgan fingerprint density at radius 3 is 2.97 bits per heavy atom. The Kier molecular flexibility index (Phi) is 6.06. The van der Waals surface area contributed by atoms with Crippen molar-refractivity contribution in [2.75, 3.05) is 25.1 Å². The number of aromatic nitrogens is 4. The zero-order chi connectivity index (χ0) is 25.6. The number of nitrogens with one attached hydrogen (secondary N) is 1. The summed E-state index contributed by atoms with van der Waals surface area (Å²) in [5, 5.41) is 4.25. The summed E-state index contributed by atoms with van der Waals surface area (Å²) < 4.78 is 20.5. The Morgan fingerprint density at radius 1 is 1.30 bits per heavy atom. The van der Waals surface area contributed by atoms with Crippen molar-refractivity contribution in [3.63, 3.8) is 0 Å². The minimum atomic E-state index is -0.594. The SMILES string of the molecule is CC(=O)Nc1cc2c(-c3cc(OCc4ccncc4Cl)c4c(n3)C3(CCOC3)OCC4)cn(C)c2cn1. The van der Waals surface area contributed by atoms with Crippen LogP contribution in [-0.4, -0.2) is 45.2 Å². The molecule has 0 bridgehead atoms. The lowest BCUT2D eigenvalue weighted by Gasteiger charge is -2.34. The van der Waals surface area contributed by atoms with Crippen LogP contribution in [0.2, 0.25) is 5.02 Å². The van der Waals surface area contributed by atoms with Gasteiger partial charge in [-0.15, -0.1) is 0 Å². The standard InChI is InChI=1S/C27H26ClN5O4/c1-16(34)31-25-9-19-20(13-33(2)23(19)12-30-25)22-10-24(36-14-17-3-6-29-11-21(17)28)18-4-7-37-27(26(18)32-22)5-8-35-15-27/h3,6,9-13H,4-5,7-8,14-15H2,1-2H3,(H,30,31,34). The van der Waals surface area contributed by atoms with E-state index in [9.17, 15) is 4.79 Å². The molecule has 1 N–H and O–H groups in total. The average molecular weight is 520 g/mol. The van der Waals surface area contributed by atoms with E-state index in [1.165, 1.54) is 6.92 Å². The molecule has 37 heavy (non-hydrogen) atoms. The van der Waals surface area contributed by atoms with Crippen LogP contribution in [0.5, 0.6) is 5.75 Å². The molecule has 2 aliphatic heterocycles. The van der Waals surface area contributed by atoms with Gasteiger partial charge in [-0.2, -0.15) is 0 Å². The van der Waals surface area contributed by atoms with Crippen LogP contribution in [0.1, 0.15) is 30.2 Å². The van der Waals surface area contributed by atoms with E-state index in [0.29, 0.717) is 43.7 Å². The lowest BCUT2D eigenvalue weighted by molar-refractivity contribution is -0.114. The predicted octanol–water partition coefficient (Wildman–Crippen LogP) is 4.41. The summed E-state index contributed by atoms with van der Waals surface area (Å²) in [7, 11) is 1.96. The Bertz CT molecular complexity index is 1510. The second kappa shape index (κ2) is 9.41. The zero-order valence-corrected chi connectivity index (χ0v) is 21.3. The maximum absolute atomic E-state index is 11.6. The van der Waals surface area contributed by atoms with Gasteiger partial charge in [-0.3, -0.25) is 9.78 Å². The third-order valence-corrected chi connectivity index (χ3v) is 7.27. The third-order valence-electron chi connectivity index (χ3n) is 6.93. The number of anilines is 1. The van der Waals surface area contributed by atoms with Gasteiger partial charge in [0.05, 0.1) is 41.3 Å². The van der Waals surface area contributed by atoms with E-state index in [1.54, 1.807) is 18.6 Å². The van der Waals surface area contributed by atoms with Crippen molar-refractivity contribution in [2.24, 2.45) is 7.05 Å². The number of fused-ring (bicyclic) bond motifs is 3. The predicted molar refractivity (Wildman–Crippen MR) is 139 cm³/mol. The summed E-state index contributed by atoms with van der Waals surface area (Å²) >= 11 is 6.35. The fourth-order valence-corrected chi connectivity index (χ4v) is 5.28. The van der Waals surface area contributed by atoms with Crippen LogP contribution in [0.25, 0.3) is 22.2 Å². The minimum Gasteiger partial charge on any atom is -0.488 e. The van der Waals surface area contributed by atoms with E-state index in [2.05, 4.69) is 15.3 Å². The smallest absolute Gasteiger partial charge is 0.222 e. The molecule has 2 aliphatic rings. The number of ether oxygens (including phenoxy) is 3. The highest BCUT2D eigenvalue weighted by Crippen LogP contribution is 2.44. The summed E-state index contributed by atoms with van der Waals surface area (Å²) in [6, 6.07) is 5.71. The van der Waals surface area contributed by atoms with Gasteiger partial charge in [0.25, 0.3) is 0 Å². The van der Waals surface area contributed by atoms with Crippen molar-refractivity contribution in [1.82, 2.24) is 19.5 Å². The van der Waals surface area contributed by atoms with Crippen LogP contribution < -0.4 is 10.1 Å². The summed E-state index contributed by atoms with van der Waals surface area (Å²) in [6.07, 6.45) is 8.51. The summed E-state index contributed by atoms with van der Waals surface area (Å²) in [5.74, 6) is 1.05. The Hall–Kier alpha value is -3.53. The molecule has 9 nitrogen and oxygen atoms in total. The molecule has 0 aromatic carbocycles. The first-order valence-corrected chi connectivity index (χ1v) is 12.5. The summed E-state index contributed by atoms with van der Waals surface area (Å²) in [6.45, 7) is 3.41. The third kappa shape index (κ3) is 4.33. The molecular formula is C27H26ClN5O4. The molecule has 4 aromatic heterocycles. The van der Waals surface area contributed by atoms with E-state index >= 15 is 0 Å². The van der Waals surface area contributed by atoms with Crippen molar-refractivity contribution in [2.45, 2.75) is 32.0 Å². The van der Waals surface area contributed by atoms with Gasteiger partial charge < -0.3 is 24.1 Å². The van der Waals surface area contributed by atoms with Crippen LogP contribution in [-0.2, 0) is 39.9 Å². The fourth-order valence-electron chi connectivity index (χ4n) is 5.10. The molecule has 1 spiro atoms. The minimum absolute atomic E-state index is 0.179. The highest BCUT2D eigenvalue weighted by Gasteiger charge is 2.44. The molecule has 1 fully saturated rings. The van der Waals surface area contributed by atoms with Gasteiger partial charge in [0, 0.05) is 80.2 Å². The molecule has 1 amide bonds. The molecule has 0 aliphatic carbocycles. The number of pyridine rings is 3.